The van der Waals surface area contributed by atoms with Crippen LogP contribution in [0, 0.1) is 6.92 Å². The Kier molecular flexibility index (Phi) is 7.45. The van der Waals surface area contributed by atoms with Crippen LogP contribution in [0.2, 0.25) is 0 Å². The number of hydrogen-bond acceptors (Lipinski definition) is 8. The van der Waals surface area contributed by atoms with Gasteiger partial charge in [-0.15, -0.1) is 0 Å². The molecule has 3 heterocycles. The highest BCUT2D eigenvalue weighted by atomic mass is 16.5. The summed E-state index contributed by atoms with van der Waals surface area (Å²) < 4.78 is 7.67. The average molecular weight is 487 g/mol. The number of nitrogens with zero attached hydrogens (tertiary/aromatic N) is 5. The van der Waals surface area contributed by atoms with Gasteiger partial charge in [0, 0.05) is 38.6 Å². The molecule has 36 heavy (non-hydrogen) atoms. The summed E-state index contributed by atoms with van der Waals surface area (Å²) in [5, 5.41) is 9.26. The van der Waals surface area contributed by atoms with E-state index in [1.165, 1.54) is 6.08 Å². The molecule has 10 nitrogen and oxygen atoms in total. The molecular weight excluding hydrogens is 456 g/mol. The minimum atomic E-state index is -0.310. The van der Waals surface area contributed by atoms with Crippen molar-refractivity contribution in [2.75, 3.05) is 49.8 Å². The van der Waals surface area contributed by atoms with Crippen molar-refractivity contribution in [3.05, 3.63) is 67.1 Å². The standard InChI is InChI=1S/C26H30N8O2/c1-6-24(35)30-19-14-20(23(36-5)15-21(19)33(4)13-11-27-3)32-26-28-10-9-18(31-26)22-16-29-25-17(2)8-7-12-34(22)25/h6-10,12,14-16,27H,1,11,13H2,2-5H3,(H,30,35)(H,28,31,32). The van der Waals surface area contributed by atoms with Gasteiger partial charge in [0.05, 0.1) is 41.8 Å². The van der Waals surface area contributed by atoms with Gasteiger partial charge < -0.3 is 25.6 Å². The number of carbonyl (C=O) groups excluding carboxylic acids is 1. The highest BCUT2D eigenvalue weighted by Gasteiger charge is 2.17. The van der Waals surface area contributed by atoms with Crippen LogP contribution >= 0.6 is 0 Å². The first-order valence-electron chi connectivity index (χ1n) is 11.5. The van der Waals surface area contributed by atoms with Crippen molar-refractivity contribution in [2.24, 2.45) is 0 Å². The fraction of sp³-hybridized carbons (Fsp3) is 0.231. The second-order valence-electron chi connectivity index (χ2n) is 8.21. The molecule has 0 bridgehead atoms. The number of nitrogens with one attached hydrogen (secondary N) is 3. The number of ether oxygens (including phenoxy) is 1. The van der Waals surface area contributed by atoms with Gasteiger partial charge in [-0.3, -0.25) is 9.20 Å². The van der Waals surface area contributed by atoms with Crippen molar-refractivity contribution in [3.63, 3.8) is 0 Å². The zero-order chi connectivity index (χ0) is 25.7. The maximum Gasteiger partial charge on any atom is 0.247 e. The minimum Gasteiger partial charge on any atom is -0.494 e. The number of methoxy groups -OCH3 is 1. The van der Waals surface area contributed by atoms with E-state index in [1.807, 2.05) is 60.8 Å². The molecule has 0 radical (unpaired) electrons. The Labute approximate surface area is 210 Å². The van der Waals surface area contributed by atoms with Crippen LogP contribution in [0.25, 0.3) is 17.0 Å². The van der Waals surface area contributed by atoms with Gasteiger partial charge >= 0.3 is 0 Å². The summed E-state index contributed by atoms with van der Waals surface area (Å²) in [6.45, 7) is 7.09. The summed E-state index contributed by atoms with van der Waals surface area (Å²) in [4.78, 5) is 27.8. The third kappa shape index (κ3) is 5.13. The minimum absolute atomic E-state index is 0.310. The largest absolute Gasteiger partial charge is 0.494 e. The smallest absolute Gasteiger partial charge is 0.247 e. The number of imidazole rings is 1. The molecular formula is C26H30N8O2. The Morgan fingerprint density at radius 1 is 1.25 bits per heavy atom. The summed E-state index contributed by atoms with van der Waals surface area (Å²) >= 11 is 0. The van der Waals surface area contributed by atoms with Crippen LogP contribution in [0.1, 0.15) is 5.56 Å². The number of fused-ring (bicyclic) bond motifs is 1. The van der Waals surface area contributed by atoms with E-state index in [-0.39, 0.29) is 5.91 Å². The van der Waals surface area contributed by atoms with Gasteiger partial charge in [0.25, 0.3) is 0 Å². The number of carbonyl (C=O) groups is 1. The van der Waals surface area contributed by atoms with Crippen LogP contribution in [0.15, 0.2) is 61.6 Å². The van der Waals surface area contributed by atoms with Crippen molar-refractivity contribution < 1.29 is 9.53 Å². The van der Waals surface area contributed by atoms with Crippen LogP contribution in [0.5, 0.6) is 5.75 Å². The van der Waals surface area contributed by atoms with Crippen molar-refractivity contribution in [3.8, 4) is 17.1 Å². The molecule has 1 aromatic carbocycles. The van der Waals surface area contributed by atoms with E-state index in [1.54, 1.807) is 25.6 Å². The van der Waals surface area contributed by atoms with Gasteiger partial charge in [-0.1, -0.05) is 12.6 Å². The Morgan fingerprint density at radius 2 is 2.08 bits per heavy atom. The van der Waals surface area contributed by atoms with E-state index in [2.05, 4.69) is 32.5 Å². The summed E-state index contributed by atoms with van der Waals surface area (Å²) in [7, 11) is 5.44. The SMILES string of the molecule is C=CC(=O)Nc1cc(Nc2nccc(-c3cnc4c(C)cccn34)n2)c(OC)cc1N(C)CCNC. The van der Waals surface area contributed by atoms with Gasteiger partial charge in [0.2, 0.25) is 11.9 Å². The predicted molar refractivity (Wildman–Crippen MR) is 143 cm³/mol. The average Bonchev–Trinajstić information content (AvgIpc) is 3.33. The van der Waals surface area contributed by atoms with Gasteiger partial charge in [0.15, 0.2) is 0 Å². The molecule has 0 aliphatic carbocycles. The lowest BCUT2D eigenvalue weighted by Gasteiger charge is -2.24. The van der Waals surface area contributed by atoms with E-state index in [9.17, 15) is 4.79 Å². The van der Waals surface area contributed by atoms with Crippen LogP contribution in [-0.2, 0) is 4.79 Å². The van der Waals surface area contributed by atoms with Crippen LogP contribution in [0.4, 0.5) is 23.0 Å². The van der Waals surface area contributed by atoms with E-state index in [0.29, 0.717) is 28.8 Å². The molecule has 0 atom stereocenters. The molecule has 4 aromatic rings. The second-order valence-corrected chi connectivity index (χ2v) is 8.21. The first-order chi connectivity index (χ1) is 17.4. The summed E-state index contributed by atoms with van der Waals surface area (Å²) in [6.07, 6.45) is 6.68. The molecule has 1 amide bonds. The van der Waals surface area contributed by atoms with E-state index in [4.69, 9.17) is 9.72 Å². The molecule has 0 unspecified atom stereocenters. The van der Waals surface area contributed by atoms with Crippen molar-refractivity contribution in [1.29, 1.82) is 0 Å². The number of amides is 1. The molecule has 0 aliphatic rings. The molecule has 0 spiro atoms. The summed E-state index contributed by atoms with van der Waals surface area (Å²) in [6, 6.07) is 9.51. The predicted octanol–water partition coefficient (Wildman–Crippen LogP) is 3.63. The second kappa shape index (κ2) is 10.9. The molecule has 186 valence electrons. The zero-order valence-electron chi connectivity index (χ0n) is 20.9. The fourth-order valence-corrected chi connectivity index (χ4v) is 3.86. The third-order valence-corrected chi connectivity index (χ3v) is 5.76. The first-order valence-corrected chi connectivity index (χ1v) is 11.5. The van der Waals surface area contributed by atoms with Crippen molar-refractivity contribution >= 4 is 34.6 Å². The van der Waals surface area contributed by atoms with E-state index >= 15 is 0 Å². The Bertz CT molecular complexity index is 1400. The number of likely N-dealkylation sites (N-methyl/N-ethyl adjacent to an activating group) is 2. The lowest BCUT2D eigenvalue weighted by molar-refractivity contribution is -0.111. The van der Waals surface area contributed by atoms with Gasteiger partial charge in [-0.2, -0.15) is 0 Å². The quantitative estimate of drug-likeness (QED) is 0.292. The van der Waals surface area contributed by atoms with E-state index < -0.39 is 0 Å². The van der Waals surface area contributed by atoms with Crippen LogP contribution in [0.3, 0.4) is 0 Å². The molecule has 3 aromatic heterocycles. The maximum atomic E-state index is 12.2. The molecule has 0 aliphatic heterocycles. The summed E-state index contributed by atoms with van der Waals surface area (Å²) in [5.74, 6) is 0.651. The highest BCUT2D eigenvalue weighted by Crippen LogP contribution is 2.38. The Morgan fingerprint density at radius 3 is 2.83 bits per heavy atom. The molecule has 0 saturated carbocycles. The van der Waals surface area contributed by atoms with Gasteiger partial charge in [-0.05, 0) is 43.8 Å². The lowest BCUT2D eigenvalue weighted by atomic mass is 10.2. The van der Waals surface area contributed by atoms with Gasteiger partial charge in [0.1, 0.15) is 11.4 Å². The number of benzene rings is 1. The Hall–Kier alpha value is -4.44. The molecule has 4 rings (SSSR count). The lowest BCUT2D eigenvalue weighted by Crippen LogP contribution is -2.28. The van der Waals surface area contributed by atoms with Gasteiger partial charge in [-0.25, -0.2) is 15.0 Å². The number of aromatic nitrogens is 4. The Balaban J connectivity index is 1.71. The number of aryl methyl sites for hydroxylation is 1. The third-order valence-electron chi connectivity index (χ3n) is 5.76. The number of anilines is 4. The number of rotatable bonds is 10. The molecule has 0 fully saturated rings. The molecule has 3 N–H and O–H groups in total. The zero-order valence-corrected chi connectivity index (χ0v) is 20.9. The normalized spacial score (nSPS) is 10.8. The first kappa shape index (κ1) is 24.7. The molecule has 0 saturated heterocycles. The fourth-order valence-electron chi connectivity index (χ4n) is 3.86. The van der Waals surface area contributed by atoms with Crippen molar-refractivity contribution in [1.82, 2.24) is 24.7 Å². The van der Waals surface area contributed by atoms with Crippen molar-refractivity contribution in [2.45, 2.75) is 6.92 Å². The summed E-state index contributed by atoms with van der Waals surface area (Å²) in [5.41, 5.74) is 5.54. The van der Waals surface area contributed by atoms with Crippen LogP contribution in [-0.4, -0.2) is 59.6 Å². The monoisotopic (exact) mass is 486 g/mol. The van der Waals surface area contributed by atoms with E-state index in [0.717, 1.165) is 35.7 Å². The molecule has 10 heteroatoms. The highest BCUT2D eigenvalue weighted by molar-refractivity contribution is 6.02. The van der Waals surface area contributed by atoms with Crippen LogP contribution < -0.4 is 25.6 Å². The topological polar surface area (TPSA) is 109 Å². The maximum absolute atomic E-state index is 12.2. The number of hydrogen-bond donors (Lipinski definition) is 3. The number of pyridine rings is 1.